The molecule has 82 valence electrons. The summed E-state index contributed by atoms with van der Waals surface area (Å²) in [6, 6.07) is 4.62. The van der Waals surface area contributed by atoms with Crippen molar-refractivity contribution in [1.29, 1.82) is 0 Å². The number of halogens is 2. The highest BCUT2D eigenvalue weighted by Crippen LogP contribution is 2.28. The van der Waals surface area contributed by atoms with E-state index in [2.05, 4.69) is 15.9 Å². The van der Waals surface area contributed by atoms with Gasteiger partial charge < -0.3 is 0 Å². The molecule has 2 rings (SSSR count). The van der Waals surface area contributed by atoms with Gasteiger partial charge >= 0.3 is 0 Å². The van der Waals surface area contributed by atoms with E-state index in [0.717, 1.165) is 17.7 Å². The molecule has 1 atom stereocenters. The largest absolute Gasteiger partial charge is 0.254 e. The van der Waals surface area contributed by atoms with Crippen LogP contribution in [0.2, 0.25) is 0 Å². The van der Waals surface area contributed by atoms with Gasteiger partial charge in [0.2, 0.25) is 0 Å². The van der Waals surface area contributed by atoms with Crippen LogP contribution in [0.15, 0.2) is 27.6 Å². The van der Waals surface area contributed by atoms with Crippen LogP contribution in [0.4, 0.5) is 4.39 Å². The predicted molar refractivity (Wildman–Crippen MR) is 62.8 cm³/mol. The summed E-state index contributed by atoms with van der Waals surface area (Å²) >= 11 is 3.11. The first kappa shape index (κ1) is 11.3. The Bertz CT molecular complexity index is 388. The van der Waals surface area contributed by atoms with E-state index in [1.165, 1.54) is 18.9 Å². The maximum Gasteiger partial charge on any atom is 0.137 e. The van der Waals surface area contributed by atoms with Gasteiger partial charge in [-0.15, -0.1) is 0 Å². The average Bonchev–Trinajstić information content (AvgIpc) is 2.74. The van der Waals surface area contributed by atoms with Gasteiger partial charge in [0, 0.05) is 10.1 Å². The molecular weight excluding hydrogens is 279 g/mol. The van der Waals surface area contributed by atoms with Gasteiger partial charge in [0.1, 0.15) is 5.82 Å². The molecule has 15 heavy (non-hydrogen) atoms. The van der Waals surface area contributed by atoms with Crippen LogP contribution in [0.3, 0.4) is 0 Å². The molecule has 0 spiro atoms. The molecule has 0 N–H and O–H groups in total. The van der Waals surface area contributed by atoms with Gasteiger partial charge in [-0.2, -0.15) is 0 Å². The minimum absolute atomic E-state index is 0.266. The Morgan fingerprint density at radius 3 is 2.60 bits per heavy atom. The zero-order valence-electron chi connectivity index (χ0n) is 8.21. The van der Waals surface area contributed by atoms with Crippen molar-refractivity contribution in [3.63, 3.8) is 0 Å². The molecule has 4 heteroatoms. The average molecular weight is 291 g/mol. The molecule has 0 saturated heterocycles. The van der Waals surface area contributed by atoms with Crippen LogP contribution in [0.1, 0.15) is 25.7 Å². The zero-order chi connectivity index (χ0) is 10.8. The first-order valence-electron chi connectivity index (χ1n) is 5.04. The van der Waals surface area contributed by atoms with Crippen molar-refractivity contribution >= 4 is 26.7 Å². The lowest BCUT2D eigenvalue weighted by molar-refractivity contribution is 0.619. The quantitative estimate of drug-likeness (QED) is 0.813. The Morgan fingerprint density at radius 1 is 1.33 bits per heavy atom. The van der Waals surface area contributed by atoms with Crippen molar-refractivity contribution in [1.82, 2.24) is 0 Å². The maximum absolute atomic E-state index is 13.0. The number of benzene rings is 1. The second-order valence-electron chi connectivity index (χ2n) is 3.78. The second kappa shape index (κ2) is 4.74. The molecule has 0 aliphatic heterocycles. The molecular formula is C11H12BrFOS. The summed E-state index contributed by atoms with van der Waals surface area (Å²) in [5.41, 5.74) is 0. The molecule has 0 aromatic heterocycles. The van der Waals surface area contributed by atoms with Gasteiger partial charge in [0.25, 0.3) is 0 Å². The summed E-state index contributed by atoms with van der Waals surface area (Å²) in [7, 11) is -0.974. The van der Waals surface area contributed by atoms with Crippen LogP contribution in [0.25, 0.3) is 0 Å². The number of hydrogen-bond donors (Lipinski definition) is 0. The van der Waals surface area contributed by atoms with Crippen LogP contribution >= 0.6 is 15.9 Å². The Labute approximate surface area is 99.7 Å². The highest BCUT2D eigenvalue weighted by Gasteiger charge is 2.22. The lowest BCUT2D eigenvalue weighted by Gasteiger charge is -2.09. The van der Waals surface area contributed by atoms with E-state index >= 15 is 0 Å². The van der Waals surface area contributed by atoms with E-state index in [-0.39, 0.29) is 11.1 Å². The highest BCUT2D eigenvalue weighted by atomic mass is 79.9. The van der Waals surface area contributed by atoms with Gasteiger partial charge in [0.05, 0.1) is 15.3 Å². The zero-order valence-corrected chi connectivity index (χ0v) is 10.6. The normalized spacial score (nSPS) is 19.3. The monoisotopic (exact) mass is 290 g/mol. The third-order valence-electron chi connectivity index (χ3n) is 2.73. The maximum atomic E-state index is 13.0. The van der Waals surface area contributed by atoms with Crippen LogP contribution in [-0.2, 0) is 10.8 Å². The molecule has 1 aromatic carbocycles. The van der Waals surface area contributed by atoms with E-state index in [0.29, 0.717) is 4.47 Å². The molecule has 1 aliphatic rings. The highest BCUT2D eigenvalue weighted by molar-refractivity contribution is 9.10. The third-order valence-corrected chi connectivity index (χ3v) is 5.13. The summed E-state index contributed by atoms with van der Waals surface area (Å²) in [5.74, 6) is -0.304. The van der Waals surface area contributed by atoms with Gasteiger partial charge in [-0.05, 0) is 47.0 Å². The second-order valence-corrected chi connectivity index (χ2v) is 6.37. The Morgan fingerprint density at radius 2 is 2.00 bits per heavy atom. The summed E-state index contributed by atoms with van der Waals surface area (Å²) in [6.07, 6.45) is 4.39. The first-order chi connectivity index (χ1) is 7.18. The SMILES string of the molecule is O=S(c1ccc(F)c(Br)c1)C1CCCC1. The van der Waals surface area contributed by atoms with Crippen LogP contribution in [0.5, 0.6) is 0 Å². The molecule has 0 bridgehead atoms. The fourth-order valence-electron chi connectivity index (χ4n) is 1.90. The fraction of sp³-hybridized carbons (Fsp3) is 0.455. The van der Waals surface area contributed by atoms with Gasteiger partial charge in [0.15, 0.2) is 0 Å². The predicted octanol–water partition coefficient (Wildman–Crippen LogP) is 3.64. The molecule has 0 radical (unpaired) electrons. The van der Waals surface area contributed by atoms with Crippen molar-refractivity contribution in [3.8, 4) is 0 Å². The van der Waals surface area contributed by atoms with Crippen LogP contribution in [0, 0.1) is 5.82 Å². The van der Waals surface area contributed by atoms with E-state index in [1.807, 2.05) is 0 Å². The van der Waals surface area contributed by atoms with Crippen molar-refractivity contribution in [3.05, 3.63) is 28.5 Å². The smallest absolute Gasteiger partial charge is 0.137 e. The third kappa shape index (κ3) is 2.48. The number of hydrogen-bond acceptors (Lipinski definition) is 1. The minimum atomic E-state index is -0.974. The lowest BCUT2D eigenvalue weighted by Crippen LogP contribution is -2.10. The lowest BCUT2D eigenvalue weighted by atomic mass is 10.3. The molecule has 0 amide bonds. The fourth-order valence-corrected chi connectivity index (χ4v) is 4.01. The Kier molecular flexibility index (Phi) is 3.57. The van der Waals surface area contributed by atoms with Crippen molar-refractivity contribution in [2.45, 2.75) is 35.8 Å². The summed E-state index contributed by atoms with van der Waals surface area (Å²) in [5, 5.41) is 0.266. The number of rotatable bonds is 2. The molecule has 1 nitrogen and oxygen atoms in total. The first-order valence-corrected chi connectivity index (χ1v) is 7.04. The molecule has 1 aromatic rings. The topological polar surface area (TPSA) is 17.1 Å². The van der Waals surface area contributed by atoms with Gasteiger partial charge in [-0.3, -0.25) is 4.21 Å². The van der Waals surface area contributed by atoms with Crippen molar-refractivity contribution < 1.29 is 8.60 Å². The Balaban J connectivity index is 2.21. The van der Waals surface area contributed by atoms with Gasteiger partial charge in [-0.1, -0.05) is 12.8 Å². The van der Waals surface area contributed by atoms with Crippen LogP contribution < -0.4 is 0 Å². The van der Waals surface area contributed by atoms with E-state index in [1.54, 1.807) is 12.1 Å². The minimum Gasteiger partial charge on any atom is -0.254 e. The molecule has 1 saturated carbocycles. The summed E-state index contributed by atoms with van der Waals surface area (Å²) in [4.78, 5) is 0.732. The molecule has 0 heterocycles. The van der Waals surface area contributed by atoms with Crippen molar-refractivity contribution in [2.75, 3.05) is 0 Å². The Hall–Kier alpha value is -0.220. The molecule has 1 fully saturated rings. The van der Waals surface area contributed by atoms with Crippen LogP contribution in [-0.4, -0.2) is 9.46 Å². The summed E-state index contributed by atoms with van der Waals surface area (Å²) in [6.45, 7) is 0. The van der Waals surface area contributed by atoms with E-state index in [4.69, 9.17) is 0 Å². The molecule has 1 unspecified atom stereocenters. The van der Waals surface area contributed by atoms with Crippen molar-refractivity contribution in [2.24, 2.45) is 0 Å². The van der Waals surface area contributed by atoms with E-state index in [9.17, 15) is 8.60 Å². The molecule has 1 aliphatic carbocycles. The van der Waals surface area contributed by atoms with Gasteiger partial charge in [-0.25, -0.2) is 4.39 Å². The van der Waals surface area contributed by atoms with E-state index < -0.39 is 10.8 Å². The standard InChI is InChI=1S/C11H12BrFOS/c12-10-7-9(5-6-11(10)13)15(14)8-3-1-2-4-8/h5-8H,1-4H2. The summed E-state index contributed by atoms with van der Waals surface area (Å²) < 4.78 is 25.5.